The summed E-state index contributed by atoms with van der Waals surface area (Å²) in [4.78, 5) is 20.1. The second kappa shape index (κ2) is 8.14. The molecule has 1 aliphatic heterocycles. The average molecular weight is 380 g/mol. The summed E-state index contributed by atoms with van der Waals surface area (Å²) < 4.78 is 0. The number of hydrogen-bond donors (Lipinski definition) is 0. The number of rotatable bonds is 4. The molecule has 1 aliphatic rings. The summed E-state index contributed by atoms with van der Waals surface area (Å²) in [7, 11) is 0. The van der Waals surface area contributed by atoms with Crippen LogP contribution in [-0.2, 0) is 16.6 Å². The SMILES string of the molecule is CCC1(CC)CCSc2cc(C)c(C#Cc3cnc(CC(=O)[O-])nc3)cc21. The Morgan fingerprint density at radius 2 is 1.93 bits per heavy atom. The van der Waals surface area contributed by atoms with Gasteiger partial charge in [0, 0.05) is 35.2 Å². The predicted octanol–water partition coefficient (Wildman–Crippen LogP) is 3.03. The fraction of sp³-hybridized carbons (Fsp3) is 0.409. The molecule has 0 bridgehead atoms. The number of fused-ring (bicyclic) bond motifs is 1. The van der Waals surface area contributed by atoms with Gasteiger partial charge in [0.05, 0.1) is 5.56 Å². The Morgan fingerprint density at radius 3 is 2.56 bits per heavy atom. The number of aryl methyl sites for hydroxylation is 1. The lowest BCUT2D eigenvalue weighted by molar-refractivity contribution is -0.304. The molecule has 0 saturated carbocycles. The maximum absolute atomic E-state index is 10.6. The Kier molecular flexibility index (Phi) is 5.86. The molecule has 2 aromatic rings. The van der Waals surface area contributed by atoms with E-state index in [1.54, 1.807) is 12.4 Å². The first-order chi connectivity index (χ1) is 13.0. The monoisotopic (exact) mass is 379 g/mol. The third-order valence-corrected chi connectivity index (χ3v) is 6.50. The molecule has 0 fully saturated rings. The lowest BCUT2D eigenvalue weighted by atomic mass is 9.73. The van der Waals surface area contributed by atoms with E-state index in [1.165, 1.54) is 28.2 Å². The van der Waals surface area contributed by atoms with Gasteiger partial charge in [-0.15, -0.1) is 11.8 Å². The zero-order valence-electron chi connectivity index (χ0n) is 16.0. The van der Waals surface area contributed by atoms with Gasteiger partial charge in [-0.25, -0.2) is 9.97 Å². The molecule has 1 aromatic carbocycles. The predicted molar refractivity (Wildman–Crippen MR) is 106 cm³/mol. The van der Waals surface area contributed by atoms with Crippen molar-refractivity contribution in [2.45, 2.75) is 56.8 Å². The lowest BCUT2D eigenvalue weighted by Crippen LogP contribution is -2.29. The van der Waals surface area contributed by atoms with E-state index in [9.17, 15) is 9.90 Å². The van der Waals surface area contributed by atoms with Gasteiger partial charge in [0.2, 0.25) is 0 Å². The summed E-state index contributed by atoms with van der Waals surface area (Å²) >= 11 is 1.94. The Bertz CT molecular complexity index is 906. The van der Waals surface area contributed by atoms with Crippen LogP contribution < -0.4 is 5.11 Å². The third kappa shape index (κ3) is 4.17. The van der Waals surface area contributed by atoms with E-state index in [1.807, 2.05) is 11.8 Å². The Balaban J connectivity index is 1.93. The van der Waals surface area contributed by atoms with Crippen molar-refractivity contribution in [2.24, 2.45) is 0 Å². The number of carbonyl (C=O) groups is 1. The number of carboxylic acid groups (broad SMARTS) is 1. The first-order valence-corrected chi connectivity index (χ1v) is 10.3. The molecule has 0 radical (unpaired) electrons. The fourth-order valence-electron chi connectivity index (χ4n) is 3.60. The van der Waals surface area contributed by atoms with Crippen molar-refractivity contribution in [3.05, 3.63) is 52.6 Å². The molecular weight excluding hydrogens is 356 g/mol. The van der Waals surface area contributed by atoms with E-state index in [0.717, 1.165) is 18.4 Å². The Labute approximate surface area is 164 Å². The third-order valence-electron chi connectivity index (χ3n) is 5.44. The van der Waals surface area contributed by atoms with Crippen molar-refractivity contribution in [3.8, 4) is 11.8 Å². The number of benzene rings is 1. The number of aromatic nitrogens is 2. The van der Waals surface area contributed by atoms with Crippen LogP contribution in [0.25, 0.3) is 0 Å². The maximum Gasteiger partial charge on any atom is 0.133 e. The number of thioether (sulfide) groups is 1. The van der Waals surface area contributed by atoms with Crippen molar-refractivity contribution in [1.82, 2.24) is 9.97 Å². The minimum atomic E-state index is -1.19. The van der Waals surface area contributed by atoms with Gasteiger partial charge in [0.1, 0.15) is 5.82 Å². The summed E-state index contributed by atoms with van der Waals surface area (Å²) in [6.45, 7) is 6.65. The summed E-state index contributed by atoms with van der Waals surface area (Å²) in [6, 6.07) is 4.53. The van der Waals surface area contributed by atoms with Gasteiger partial charge in [0.15, 0.2) is 0 Å². The second-order valence-corrected chi connectivity index (χ2v) is 8.07. The highest BCUT2D eigenvalue weighted by Crippen LogP contribution is 2.46. The number of hydrogen-bond acceptors (Lipinski definition) is 5. The van der Waals surface area contributed by atoms with Gasteiger partial charge in [-0.1, -0.05) is 25.7 Å². The number of carboxylic acids is 1. The molecule has 0 unspecified atom stereocenters. The number of nitrogens with zero attached hydrogens (tertiary/aromatic N) is 2. The largest absolute Gasteiger partial charge is 0.550 e. The molecule has 0 saturated heterocycles. The molecule has 140 valence electrons. The van der Waals surface area contributed by atoms with Crippen molar-refractivity contribution in [3.63, 3.8) is 0 Å². The van der Waals surface area contributed by atoms with Crippen LogP contribution in [-0.4, -0.2) is 21.7 Å². The first-order valence-electron chi connectivity index (χ1n) is 9.28. The summed E-state index contributed by atoms with van der Waals surface area (Å²) in [5.41, 5.74) is 4.55. The van der Waals surface area contributed by atoms with Crippen LogP contribution in [0.2, 0.25) is 0 Å². The molecule has 3 rings (SSSR count). The van der Waals surface area contributed by atoms with E-state index >= 15 is 0 Å². The van der Waals surface area contributed by atoms with Crippen molar-refractivity contribution in [1.29, 1.82) is 0 Å². The molecular formula is C22H23N2O2S-. The highest BCUT2D eigenvalue weighted by molar-refractivity contribution is 7.99. The van der Waals surface area contributed by atoms with Crippen molar-refractivity contribution in [2.75, 3.05) is 5.75 Å². The van der Waals surface area contributed by atoms with Crippen molar-refractivity contribution < 1.29 is 9.90 Å². The summed E-state index contributed by atoms with van der Waals surface area (Å²) in [6.07, 6.45) is 6.32. The number of carbonyl (C=O) groups excluding carboxylic acids is 1. The van der Waals surface area contributed by atoms with E-state index in [4.69, 9.17) is 0 Å². The van der Waals surface area contributed by atoms with Gasteiger partial charge in [-0.05, 0) is 60.6 Å². The summed E-state index contributed by atoms with van der Waals surface area (Å²) in [5, 5.41) is 10.6. The van der Waals surface area contributed by atoms with Gasteiger partial charge < -0.3 is 9.90 Å². The molecule has 27 heavy (non-hydrogen) atoms. The van der Waals surface area contributed by atoms with Crippen molar-refractivity contribution >= 4 is 17.7 Å². The first kappa shape index (κ1) is 19.4. The normalized spacial score (nSPS) is 14.8. The molecule has 0 atom stereocenters. The Morgan fingerprint density at radius 1 is 1.22 bits per heavy atom. The molecule has 0 N–H and O–H groups in total. The van der Waals surface area contributed by atoms with E-state index < -0.39 is 5.97 Å². The zero-order chi connectivity index (χ0) is 19.4. The van der Waals surface area contributed by atoms with Gasteiger partial charge >= 0.3 is 0 Å². The minimum absolute atomic E-state index is 0.234. The fourth-order valence-corrected chi connectivity index (χ4v) is 5.01. The molecule has 2 heterocycles. The van der Waals surface area contributed by atoms with Crippen LogP contribution in [0.3, 0.4) is 0 Å². The molecule has 0 aliphatic carbocycles. The highest BCUT2D eigenvalue weighted by atomic mass is 32.2. The molecule has 0 amide bonds. The Hall–Kier alpha value is -2.32. The van der Waals surface area contributed by atoms with Crippen LogP contribution in [0.1, 0.15) is 61.2 Å². The lowest BCUT2D eigenvalue weighted by Gasteiger charge is -2.38. The molecule has 1 aromatic heterocycles. The molecule has 4 nitrogen and oxygen atoms in total. The standard InChI is InChI=1S/C22H24N2O2S/c1-4-22(5-2)8-9-27-19-10-15(3)17(11-18(19)22)7-6-16-13-23-20(24-14-16)12-21(25)26/h10-11,13-14H,4-5,8-9,12H2,1-3H3,(H,25,26)/p-1. The molecule has 0 spiro atoms. The van der Waals surface area contributed by atoms with Crippen LogP contribution in [0.15, 0.2) is 29.4 Å². The molecule has 5 heteroatoms. The smallest absolute Gasteiger partial charge is 0.133 e. The van der Waals surface area contributed by atoms with Gasteiger partial charge in [0.25, 0.3) is 0 Å². The van der Waals surface area contributed by atoms with Crippen LogP contribution in [0.5, 0.6) is 0 Å². The van der Waals surface area contributed by atoms with Gasteiger partial charge in [-0.3, -0.25) is 0 Å². The van der Waals surface area contributed by atoms with Gasteiger partial charge in [-0.2, -0.15) is 0 Å². The minimum Gasteiger partial charge on any atom is -0.550 e. The summed E-state index contributed by atoms with van der Waals surface area (Å²) in [5.74, 6) is 6.59. The quantitative estimate of drug-likeness (QED) is 0.764. The van der Waals surface area contributed by atoms with E-state index in [0.29, 0.717) is 5.56 Å². The maximum atomic E-state index is 10.6. The average Bonchev–Trinajstić information content (AvgIpc) is 2.66. The van der Waals surface area contributed by atoms with E-state index in [2.05, 4.69) is 54.7 Å². The second-order valence-electron chi connectivity index (χ2n) is 6.94. The zero-order valence-corrected chi connectivity index (χ0v) is 16.8. The highest BCUT2D eigenvalue weighted by Gasteiger charge is 2.34. The van der Waals surface area contributed by atoms with Crippen LogP contribution in [0.4, 0.5) is 0 Å². The van der Waals surface area contributed by atoms with Crippen LogP contribution in [0, 0.1) is 18.8 Å². The van der Waals surface area contributed by atoms with Crippen LogP contribution >= 0.6 is 11.8 Å². The number of aliphatic carboxylic acids is 1. The topological polar surface area (TPSA) is 65.9 Å². The van der Waals surface area contributed by atoms with E-state index in [-0.39, 0.29) is 17.7 Å².